The highest BCUT2D eigenvalue weighted by Gasteiger charge is 2.19. The molecular formula is C45H30N4S. The zero-order valence-electron chi connectivity index (χ0n) is 27.1. The summed E-state index contributed by atoms with van der Waals surface area (Å²) >= 11 is 1.87. The highest BCUT2D eigenvalue weighted by molar-refractivity contribution is 7.26. The molecule has 1 aliphatic carbocycles. The molecule has 50 heavy (non-hydrogen) atoms. The minimum atomic E-state index is 0.667. The summed E-state index contributed by atoms with van der Waals surface area (Å²) in [4.78, 5) is 14.9. The van der Waals surface area contributed by atoms with E-state index in [4.69, 9.17) is 15.0 Å². The molecule has 0 fully saturated rings. The summed E-state index contributed by atoms with van der Waals surface area (Å²) < 4.78 is 5.05. The lowest BCUT2D eigenvalue weighted by molar-refractivity contribution is 1.01. The number of allylic oxidation sites excluding steroid dienone is 4. The standard InChI is InChI=1S/C45H30N4S/c1-4-12-29(13-5-1)33-22-25-35-37-26-27-38-36-18-10-11-19-40(36)50-42(38)41(37)49(39(35)28-33)34-23-20-32(21-24-34)45-47-43(30-14-6-2-7-15-30)46-44(48-45)31-16-8-3-9-17-31/h1-2,4-8,10-28H,3,9H2. The number of rotatable bonds is 5. The molecule has 1 aliphatic rings. The minimum absolute atomic E-state index is 0.667. The fourth-order valence-electron chi connectivity index (χ4n) is 7.25. The third kappa shape index (κ3) is 4.78. The molecule has 3 heterocycles. The lowest BCUT2D eigenvalue weighted by Crippen LogP contribution is -2.03. The summed E-state index contributed by atoms with van der Waals surface area (Å²) in [5.41, 5.74) is 8.89. The average Bonchev–Trinajstić information content (AvgIpc) is 3.74. The van der Waals surface area contributed by atoms with Gasteiger partial charge in [-0.1, -0.05) is 121 Å². The van der Waals surface area contributed by atoms with E-state index in [1.165, 1.54) is 53.1 Å². The van der Waals surface area contributed by atoms with Gasteiger partial charge >= 0.3 is 0 Å². The van der Waals surface area contributed by atoms with Crippen molar-refractivity contribution in [1.29, 1.82) is 0 Å². The summed E-state index contributed by atoms with van der Waals surface area (Å²) in [5, 5.41) is 5.09. The van der Waals surface area contributed by atoms with Crippen LogP contribution in [-0.4, -0.2) is 19.5 Å². The van der Waals surface area contributed by atoms with E-state index in [2.05, 4.69) is 144 Å². The zero-order chi connectivity index (χ0) is 33.0. The van der Waals surface area contributed by atoms with Crippen LogP contribution in [0.5, 0.6) is 0 Å². The number of nitrogens with zero attached hydrogens (tertiary/aromatic N) is 4. The molecule has 9 aromatic rings. The van der Waals surface area contributed by atoms with Crippen LogP contribution in [0.2, 0.25) is 0 Å². The molecule has 0 aliphatic heterocycles. The summed E-state index contributed by atoms with van der Waals surface area (Å²) in [5.74, 6) is 2.05. The molecule has 0 spiro atoms. The van der Waals surface area contributed by atoms with Gasteiger partial charge in [0.05, 0.1) is 15.7 Å². The maximum absolute atomic E-state index is 5.01. The monoisotopic (exact) mass is 658 g/mol. The molecular weight excluding hydrogens is 629 g/mol. The van der Waals surface area contributed by atoms with Crippen LogP contribution in [0.1, 0.15) is 18.7 Å². The molecule has 3 aromatic heterocycles. The van der Waals surface area contributed by atoms with Crippen LogP contribution in [0.4, 0.5) is 0 Å². The van der Waals surface area contributed by atoms with Crippen molar-refractivity contribution in [3.63, 3.8) is 0 Å². The Morgan fingerprint density at radius 1 is 0.500 bits per heavy atom. The molecule has 0 N–H and O–H groups in total. The normalized spacial score (nSPS) is 13.1. The molecule has 0 amide bonds. The molecule has 0 saturated heterocycles. The van der Waals surface area contributed by atoms with E-state index in [9.17, 15) is 0 Å². The van der Waals surface area contributed by atoms with Crippen LogP contribution in [-0.2, 0) is 0 Å². The molecule has 0 bridgehead atoms. The molecule has 0 radical (unpaired) electrons. The Balaban J connectivity index is 1.18. The van der Waals surface area contributed by atoms with Crippen LogP contribution < -0.4 is 0 Å². The SMILES string of the molecule is C1=CC(c2nc(-c3ccccc3)nc(-c3ccc(-n4c5cc(-c6ccccc6)ccc5c5ccc6c7ccccc7sc6c54)cc3)n2)=CCC1. The van der Waals surface area contributed by atoms with Crippen molar-refractivity contribution in [2.45, 2.75) is 12.8 Å². The molecule has 5 heteroatoms. The number of fused-ring (bicyclic) bond motifs is 7. The molecule has 236 valence electrons. The lowest BCUT2D eigenvalue weighted by Gasteiger charge is -2.12. The van der Waals surface area contributed by atoms with Crippen molar-refractivity contribution in [3.05, 3.63) is 164 Å². The Morgan fingerprint density at radius 2 is 1.14 bits per heavy atom. The fraction of sp³-hybridized carbons (Fsp3) is 0.0444. The van der Waals surface area contributed by atoms with Gasteiger partial charge in [-0.2, -0.15) is 0 Å². The first-order valence-corrected chi connectivity index (χ1v) is 17.8. The van der Waals surface area contributed by atoms with Gasteiger partial charge in [-0.05, 0) is 60.4 Å². The summed E-state index contributed by atoms with van der Waals surface area (Å²) in [6.45, 7) is 0. The zero-order valence-corrected chi connectivity index (χ0v) is 27.9. The van der Waals surface area contributed by atoms with Gasteiger partial charge < -0.3 is 4.57 Å². The van der Waals surface area contributed by atoms with Gasteiger partial charge in [0.15, 0.2) is 17.5 Å². The van der Waals surface area contributed by atoms with Crippen molar-refractivity contribution in [1.82, 2.24) is 19.5 Å². The highest BCUT2D eigenvalue weighted by Crippen LogP contribution is 2.43. The van der Waals surface area contributed by atoms with E-state index >= 15 is 0 Å². The van der Waals surface area contributed by atoms with Crippen molar-refractivity contribution in [2.24, 2.45) is 0 Å². The summed E-state index contributed by atoms with van der Waals surface area (Å²) in [6.07, 6.45) is 8.56. The first-order valence-electron chi connectivity index (χ1n) is 17.0. The Hall–Kier alpha value is -6.17. The highest BCUT2D eigenvalue weighted by atomic mass is 32.1. The molecule has 0 unspecified atom stereocenters. The maximum atomic E-state index is 5.01. The summed E-state index contributed by atoms with van der Waals surface area (Å²) in [6, 6.07) is 49.7. The Bertz CT molecular complexity index is 2790. The first kappa shape index (κ1) is 28.8. The van der Waals surface area contributed by atoms with Crippen LogP contribution >= 0.6 is 11.3 Å². The third-order valence-corrected chi connectivity index (χ3v) is 10.9. The third-order valence-electron chi connectivity index (χ3n) is 9.68. The van der Waals surface area contributed by atoms with E-state index < -0.39 is 0 Å². The van der Waals surface area contributed by atoms with Crippen molar-refractivity contribution < 1.29 is 0 Å². The molecule has 10 rings (SSSR count). The van der Waals surface area contributed by atoms with E-state index in [1.54, 1.807) is 0 Å². The van der Waals surface area contributed by atoms with Crippen LogP contribution in [0.25, 0.3) is 87.1 Å². The second kappa shape index (κ2) is 11.8. The summed E-state index contributed by atoms with van der Waals surface area (Å²) in [7, 11) is 0. The van der Waals surface area contributed by atoms with Crippen molar-refractivity contribution in [2.75, 3.05) is 0 Å². The van der Waals surface area contributed by atoms with E-state index in [0.29, 0.717) is 17.5 Å². The van der Waals surface area contributed by atoms with Gasteiger partial charge in [0.25, 0.3) is 0 Å². The van der Waals surface area contributed by atoms with Gasteiger partial charge in [-0.25, -0.2) is 15.0 Å². The molecule has 0 saturated carbocycles. The van der Waals surface area contributed by atoms with Gasteiger partial charge in [0.1, 0.15) is 0 Å². The first-order chi connectivity index (χ1) is 24.8. The fourth-order valence-corrected chi connectivity index (χ4v) is 8.49. The van der Waals surface area contributed by atoms with E-state index in [0.717, 1.165) is 35.2 Å². The minimum Gasteiger partial charge on any atom is -0.308 e. The number of aromatic nitrogens is 4. The van der Waals surface area contributed by atoms with Crippen molar-refractivity contribution >= 4 is 58.9 Å². The smallest absolute Gasteiger partial charge is 0.164 e. The second-order valence-electron chi connectivity index (χ2n) is 12.7. The van der Waals surface area contributed by atoms with Gasteiger partial charge in [0, 0.05) is 48.6 Å². The quantitative estimate of drug-likeness (QED) is 0.185. The molecule has 4 nitrogen and oxygen atoms in total. The predicted octanol–water partition coefficient (Wildman–Crippen LogP) is 12.1. The van der Waals surface area contributed by atoms with Gasteiger partial charge in [-0.15, -0.1) is 11.3 Å². The Kier molecular flexibility index (Phi) is 6.78. The van der Waals surface area contributed by atoms with Gasteiger partial charge in [0.2, 0.25) is 0 Å². The van der Waals surface area contributed by atoms with Gasteiger partial charge in [-0.3, -0.25) is 0 Å². The predicted molar refractivity (Wildman–Crippen MR) is 210 cm³/mol. The van der Waals surface area contributed by atoms with Crippen molar-refractivity contribution in [3.8, 4) is 39.6 Å². The largest absolute Gasteiger partial charge is 0.308 e. The number of hydrogen-bond donors (Lipinski definition) is 0. The maximum Gasteiger partial charge on any atom is 0.164 e. The molecule has 0 atom stereocenters. The second-order valence-corrected chi connectivity index (χ2v) is 13.8. The molecule has 6 aromatic carbocycles. The van der Waals surface area contributed by atoms with Crippen LogP contribution in [0.15, 0.2) is 158 Å². The number of hydrogen-bond acceptors (Lipinski definition) is 4. The van der Waals surface area contributed by atoms with E-state index in [1.807, 2.05) is 29.5 Å². The van der Waals surface area contributed by atoms with E-state index in [-0.39, 0.29) is 0 Å². The average molecular weight is 659 g/mol. The Morgan fingerprint density at radius 3 is 1.90 bits per heavy atom. The van der Waals surface area contributed by atoms with Crippen LogP contribution in [0, 0.1) is 0 Å². The number of benzene rings is 6. The lowest BCUT2D eigenvalue weighted by atomic mass is 10.0. The Labute approximate surface area is 293 Å². The number of thiophene rings is 1. The van der Waals surface area contributed by atoms with Crippen LogP contribution in [0.3, 0.4) is 0 Å². The topological polar surface area (TPSA) is 43.6 Å².